The zero-order valence-electron chi connectivity index (χ0n) is 29.5. The molecule has 1 aliphatic heterocycles. The normalized spacial score (nSPS) is 15.1. The summed E-state index contributed by atoms with van der Waals surface area (Å²) in [5.41, 5.74) is 13.0. The molecule has 0 N–H and O–H groups in total. The lowest BCUT2D eigenvalue weighted by atomic mass is 9.65. The van der Waals surface area contributed by atoms with Gasteiger partial charge in [0, 0.05) is 32.3 Å². The summed E-state index contributed by atoms with van der Waals surface area (Å²) in [6.07, 6.45) is 0. The van der Waals surface area contributed by atoms with Gasteiger partial charge in [0.2, 0.25) is 0 Å². The molecule has 0 radical (unpaired) electrons. The van der Waals surface area contributed by atoms with Gasteiger partial charge in [0.1, 0.15) is 11.5 Å². The van der Waals surface area contributed by atoms with Crippen molar-refractivity contribution in [2.45, 2.75) is 5.41 Å². The Morgan fingerprint density at radius 1 is 0.436 bits per heavy atom. The third-order valence-electron chi connectivity index (χ3n) is 11.6. The van der Waals surface area contributed by atoms with Gasteiger partial charge in [-0.2, -0.15) is 0 Å². The van der Waals surface area contributed by atoms with Gasteiger partial charge < -0.3 is 4.74 Å². The smallest absolute Gasteiger partial charge is 0.160 e. The molecule has 2 aromatic heterocycles. The van der Waals surface area contributed by atoms with Crippen LogP contribution < -0.4 is 4.74 Å². The number of rotatable bonds is 3. The number of hydrogen-bond acceptors (Lipinski definition) is 4. The number of aromatic nitrogens is 2. The summed E-state index contributed by atoms with van der Waals surface area (Å²) in [6.45, 7) is 0. The molecule has 8 aromatic carbocycles. The van der Waals surface area contributed by atoms with Crippen LogP contribution in [-0.2, 0) is 5.41 Å². The molecule has 1 spiro atoms. The maximum Gasteiger partial charge on any atom is 0.160 e. The predicted molar refractivity (Wildman–Crippen MR) is 226 cm³/mol. The molecular weight excluding hydrogens is 689 g/mol. The highest BCUT2D eigenvalue weighted by Gasteiger charge is 2.51. The van der Waals surface area contributed by atoms with Crippen LogP contribution in [0.5, 0.6) is 11.5 Å². The van der Waals surface area contributed by atoms with Gasteiger partial charge in [0.25, 0.3) is 0 Å². The Morgan fingerprint density at radius 3 is 1.96 bits per heavy atom. The highest BCUT2D eigenvalue weighted by Crippen LogP contribution is 2.63. The Morgan fingerprint density at radius 2 is 1.09 bits per heavy atom. The molecule has 256 valence electrons. The van der Waals surface area contributed by atoms with Crippen LogP contribution in [0.2, 0.25) is 0 Å². The molecule has 4 heteroatoms. The van der Waals surface area contributed by atoms with E-state index in [-0.39, 0.29) is 0 Å². The van der Waals surface area contributed by atoms with E-state index in [9.17, 15) is 0 Å². The molecule has 1 aliphatic carbocycles. The number of benzene rings is 8. The molecule has 55 heavy (non-hydrogen) atoms. The SMILES string of the molecule is c1ccc(-c2ccc(-c3nc(-c4ccc5c(c4)C4(c6ccccc6Oc6cc7ccccc7cc64)c4ccccc4-5)c4sc5ccccc5c4n3)cc2)cc1. The minimum absolute atomic E-state index is 0.599. The van der Waals surface area contributed by atoms with Crippen molar-refractivity contribution in [3.8, 4) is 56.4 Å². The monoisotopic (exact) mass is 718 g/mol. The number of fused-ring (bicyclic) bond motifs is 13. The van der Waals surface area contributed by atoms with E-state index < -0.39 is 5.41 Å². The van der Waals surface area contributed by atoms with E-state index in [0.29, 0.717) is 0 Å². The fourth-order valence-corrected chi connectivity index (χ4v) is 10.2. The van der Waals surface area contributed by atoms with Gasteiger partial charge in [-0.1, -0.05) is 152 Å². The highest BCUT2D eigenvalue weighted by atomic mass is 32.1. The third-order valence-corrected chi connectivity index (χ3v) is 12.7. The Labute approximate surface area is 321 Å². The van der Waals surface area contributed by atoms with Crippen LogP contribution in [0, 0.1) is 0 Å². The molecule has 12 rings (SSSR count). The topological polar surface area (TPSA) is 35.0 Å². The molecule has 0 amide bonds. The van der Waals surface area contributed by atoms with Gasteiger partial charge in [-0.25, -0.2) is 9.97 Å². The first-order valence-corrected chi connectivity index (χ1v) is 19.5. The van der Waals surface area contributed by atoms with Gasteiger partial charge in [0.05, 0.1) is 21.3 Å². The van der Waals surface area contributed by atoms with E-state index in [2.05, 4.69) is 182 Å². The minimum atomic E-state index is -0.599. The fourth-order valence-electron chi connectivity index (χ4n) is 9.09. The van der Waals surface area contributed by atoms with Crippen LogP contribution in [0.3, 0.4) is 0 Å². The third kappa shape index (κ3) is 4.37. The van der Waals surface area contributed by atoms with Crippen LogP contribution in [0.4, 0.5) is 0 Å². The Bertz CT molecular complexity index is 3180. The lowest BCUT2D eigenvalue weighted by Gasteiger charge is -2.39. The second-order valence-electron chi connectivity index (χ2n) is 14.5. The average Bonchev–Trinajstić information content (AvgIpc) is 3.77. The Kier molecular flexibility index (Phi) is 6.42. The first-order chi connectivity index (χ1) is 27.2. The van der Waals surface area contributed by atoms with Crippen molar-refractivity contribution >= 4 is 42.4 Å². The van der Waals surface area contributed by atoms with E-state index in [1.807, 2.05) is 0 Å². The quantitative estimate of drug-likeness (QED) is 0.182. The summed E-state index contributed by atoms with van der Waals surface area (Å²) in [5, 5.41) is 3.50. The molecule has 0 saturated carbocycles. The molecule has 1 unspecified atom stereocenters. The van der Waals surface area contributed by atoms with Crippen molar-refractivity contribution in [2.24, 2.45) is 0 Å². The maximum atomic E-state index is 6.79. The largest absolute Gasteiger partial charge is 0.457 e. The molecule has 1 atom stereocenters. The molecule has 0 saturated heterocycles. The van der Waals surface area contributed by atoms with Gasteiger partial charge in [-0.3, -0.25) is 0 Å². The van der Waals surface area contributed by atoms with Gasteiger partial charge in [-0.05, 0) is 74.5 Å². The molecule has 10 aromatic rings. The highest BCUT2D eigenvalue weighted by molar-refractivity contribution is 7.26. The van der Waals surface area contributed by atoms with Gasteiger partial charge >= 0.3 is 0 Å². The first-order valence-electron chi connectivity index (χ1n) is 18.6. The zero-order chi connectivity index (χ0) is 36.1. The number of para-hydroxylation sites is 1. The van der Waals surface area contributed by atoms with E-state index >= 15 is 0 Å². The molecular formula is C51H30N2OS. The predicted octanol–water partition coefficient (Wildman–Crippen LogP) is 13.5. The maximum absolute atomic E-state index is 6.79. The van der Waals surface area contributed by atoms with Gasteiger partial charge in [-0.15, -0.1) is 11.3 Å². The van der Waals surface area contributed by atoms with Crippen molar-refractivity contribution in [2.75, 3.05) is 0 Å². The second-order valence-corrected chi connectivity index (χ2v) is 15.5. The summed E-state index contributed by atoms with van der Waals surface area (Å²) in [5.74, 6) is 2.49. The van der Waals surface area contributed by atoms with E-state index in [1.54, 1.807) is 11.3 Å². The van der Waals surface area contributed by atoms with Crippen molar-refractivity contribution in [1.29, 1.82) is 0 Å². The number of thiophene rings is 1. The second kappa shape index (κ2) is 11.6. The summed E-state index contributed by atoms with van der Waals surface area (Å²) in [4.78, 5) is 10.7. The van der Waals surface area contributed by atoms with Crippen molar-refractivity contribution in [1.82, 2.24) is 9.97 Å². The van der Waals surface area contributed by atoms with E-state index in [4.69, 9.17) is 14.7 Å². The van der Waals surface area contributed by atoms with Gasteiger partial charge in [0.15, 0.2) is 5.82 Å². The van der Waals surface area contributed by atoms with Crippen LogP contribution in [-0.4, -0.2) is 9.97 Å². The van der Waals surface area contributed by atoms with Crippen molar-refractivity contribution in [3.63, 3.8) is 0 Å². The molecule has 0 bridgehead atoms. The Hall–Kier alpha value is -6.88. The van der Waals surface area contributed by atoms with Crippen LogP contribution in [0.15, 0.2) is 182 Å². The van der Waals surface area contributed by atoms with Crippen LogP contribution in [0.25, 0.3) is 76.0 Å². The fraction of sp³-hybridized carbons (Fsp3) is 0.0196. The number of hydrogen-bond donors (Lipinski definition) is 0. The lowest BCUT2D eigenvalue weighted by molar-refractivity contribution is 0.437. The first kappa shape index (κ1) is 30.6. The van der Waals surface area contributed by atoms with Crippen LogP contribution in [0.1, 0.15) is 22.3 Å². The average molecular weight is 719 g/mol. The molecule has 3 heterocycles. The molecule has 3 nitrogen and oxygen atoms in total. The number of nitrogens with zero attached hydrogens (tertiary/aromatic N) is 2. The van der Waals surface area contributed by atoms with E-state index in [0.717, 1.165) is 66.3 Å². The summed E-state index contributed by atoms with van der Waals surface area (Å²) in [7, 11) is 0. The lowest BCUT2D eigenvalue weighted by Crippen LogP contribution is -2.32. The molecule has 2 aliphatic rings. The van der Waals surface area contributed by atoms with E-state index in [1.165, 1.54) is 43.5 Å². The molecule has 0 fully saturated rings. The summed E-state index contributed by atoms with van der Waals surface area (Å²) < 4.78 is 9.09. The number of ether oxygens (including phenoxy) is 1. The standard InChI is InChI=1S/C51H30N2OS/c1-2-12-31(13-3-1)32-22-24-33(25-23-32)50-52-47(49-48(53-50)39-17-7-11-21-46(39)55-49)36-26-27-38-37-16-6-8-18-40(37)51(42(38)29-36)41-19-9-10-20-44(41)54-45-30-35-15-5-4-14-34(35)28-43(45)51/h1-30H. The summed E-state index contributed by atoms with van der Waals surface area (Å²) in [6, 6.07) is 65.3. The summed E-state index contributed by atoms with van der Waals surface area (Å²) >= 11 is 1.77. The minimum Gasteiger partial charge on any atom is -0.457 e. The zero-order valence-corrected chi connectivity index (χ0v) is 30.3. The van der Waals surface area contributed by atoms with Crippen molar-refractivity contribution in [3.05, 3.63) is 204 Å². The Balaban J connectivity index is 1.13. The van der Waals surface area contributed by atoms with Crippen LogP contribution >= 0.6 is 11.3 Å². The van der Waals surface area contributed by atoms with Crippen molar-refractivity contribution < 1.29 is 4.74 Å².